The van der Waals surface area contributed by atoms with Crippen molar-refractivity contribution < 1.29 is 0 Å². The summed E-state index contributed by atoms with van der Waals surface area (Å²) in [5, 5.41) is 3.31. The van der Waals surface area contributed by atoms with Gasteiger partial charge < -0.3 is 10.3 Å². The Labute approximate surface area is 96.3 Å². The molecule has 0 aliphatic heterocycles. The highest BCUT2D eigenvalue weighted by Gasteiger charge is 2.06. The number of aryl methyl sites for hydroxylation is 2. The van der Waals surface area contributed by atoms with Crippen LogP contribution < -0.4 is 5.32 Å². The topological polar surface area (TPSA) is 40.7 Å². The predicted octanol–water partition coefficient (Wildman–Crippen LogP) is 3.25. The van der Waals surface area contributed by atoms with Crippen LogP contribution in [0.2, 0.25) is 0 Å². The summed E-state index contributed by atoms with van der Waals surface area (Å²) in [5.74, 6) is 1.49. The fourth-order valence-corrected chi connectivity index (χ4v) is 1.70. The van der Waals surface area contributed by atoms with Crippen LogP contribution in [0.5, 0.6) is 0 Å². The Kier molecular flexibility index (Phi) is 2.86. The van der Waals surface area contributed by atoms with Gasteiger partial charge in [-0.25, -0.2) is 4.98 Å². The maximum Gasteiger partial charge on any atom is 0.201 e. The first-order valence-electron chi connectivity index (χ1n) is 5.77. The van der Waals surface area contributed by atoms with Crippen molar-refractivity contribution in [1.82, 2.24) is 9.97 Å². The molecule has 0 aliphatic carbocycles. The molecule has 0 radical (unpaired) electrons. The number of hydrogen-bond acceptors (Lipinski definition) is 2. The van der Waals surface area contributed by atoms with E-state index >= 15 is 0 Å². The first-order valence-corrected chi connectivity index (χ1v) is 5.77. The molecule has 16 heavy (non-hydrogen) atoms. The summed E-state index contributed by atoms with van der Waals surface area (Å²) in [4.78, 5) is 7.88. The van der Waals surface area contributed by atoms with Gasteiger partial charge in [0.05, 0.1) is 11.0 Å². The lowest BCUT2D eigenvalue weighted by Crippen LogP contribution is -2.08. The lowest BCUT2D eigenvalue weighted by Gasteiger charge is -2.04. The molecule has 0 bridgehead atoms. The number of H-pyrrole nitrogens is 1. The molecule has 0 aliphatic rings. The average molecular weight is 217 g/mol. The molecule has 2 rings (SSSR count). The lowest BCUT2D eigenvalue weighted by molar-refractivity contribution is 0.686. The van der Waals surface area contributed by atoms with Gasteiger partial charge in [-0.3, -0.25) is 0 Å². The summed E-state index contributed by atoms with van der Waals surface area (Å²) < 4.78 is 0. The van der Waals surface area contributed by atoms with Gasteiger partial charge in [-0.15, -0.1) is 0 Å². The smallest absolute Gasteiger partial charge is 0.201 e. The van der Waals surface area contributed by atoms with Gasteiger partial charge in [0.15, 0.2) is 0 Å². The maximum absolute atomic E-state index is 4.58. The van der Waals surface area contributed by atoms with Crippen LogP contribution in [-0.4, -0.2) is 16.5 Å². The van der Waals surface area contributed by atoms with E-state index in [4.69, 9.17) is 0 Å². The molecule has 0 fully saturated rings. The van der Waals surface area contributed by atoms with E-state index in [-0.39, 0.29) is 0 Å². The second-order valence-electron chi connectivity index (χ2n) is 4.76. The number of aromatic amines is 1. The van der Waals surface area contributed by atoms with Gasteiger partial charge in [-0.05, 0) is 37.0 Å². The molecule has 2 N–H and O–H groups in total. The van der Waals surface area contributed by atoms with E-state index in [9.17, 15) is 0 Å². The second-order valence-corrected chi connectivity index (χ2v) is 4.76. The molecule has 0 saturated carbocycles. The van der Waals surface area contributed by atoms with Crippen LogP contribution in [0.15, 0.2) is 12.1 Å². The summed E-state index contributed by atoms with van der Waals surface area (Å²) in [7, 11) is 0. The molecule has 0 amide bonds. The monoisotopic (exact) mass is 217 g/mol. The zero-order chi connectivity index (χ0) is 11.7. The van der Waals surface area contributed by atoms with Gasteiger partial charge in [0.25, 0.3) is 0 Å². The minimum atomic E-state index is 0.621. The zero-order valence-electron chi connectivity index (χ0n) is 10.4. The fraction of sp³-hybridized carbons (Fsp3) is 0.462. The number of hydrogen-bond donors (Lipinski definition) is 2. The normalized spacial score (nSPS) is 11.3. The molecule has 1 aromatic heterocycles. The Bertz CT molecular complexity index is 497. The van der Waals surface area contributed by atoms with Gasteiger partial charge in [0.1, 0.15) is 0 Å². The van der Waals surface area contributed by atoms with Crippen molar-refractivity contribution in [2.75, 3.05) is 11.9 Å². The second kappa shape index (κ2) is 4.16. The van der Waals surface area contributed by atoms with Gasteiger partial charge >= 0.3 is 0 Å². The minimum absolute atomic E-state index is 0.621. The van der Waals surface area contributed by atoms with E-state index in [1.165, 1.54) is 11.1 Å². The summed E-state index contributed by atoms with van der Waals surface area (Å²) in [6.07, 6.45) is 0. The first-order chi connectivity index (χ1) is 7.58. The Balaban J connectivity index is 2.33. The number of imidazole rings is 1. The summed E-state index contributed by atoms with van der Waals surface area (Å²) in [6, 6.07) is 4.22. The van der Waals surface area contributed by atoms with Crippen molar-refractivity contribution in [3.63, 3.8) is 0 Å². The fourth-order valence-electron chi connectivity index (χ4n) is 1.70. The average Bonchev–Trinajstić information content (AvgIpc) is 2.64. The molecule has 1 aromatic carbocycles. The third-order valence-corrected chi connectivity index (χ3v) is 2.86. The number of fused-ring (bicyclic) bond motifs is 1. The molecule has 0 spiro atoms. The number of rotatable bonds is 3. The van der Waals surface area contributed by atoms with Crippen LogP contribution in [0.3, 0.4) is 0 Å². The molecule has 0 unspecified atom stereocenters. The van der Waals surface area contributed by atoms with E-state index in [2.05, 4.69) is 55.1 Å². The number of anilines is 1. The van der Waals surface area contributed by atoms with Crippen LogP contribution in [0.4, 0.5) is 5.95 Å². The van der Waals surface area contributed by atoms with Crippen LogP contribution in [0.25, 0.3) is 11.0 Å². The van der Waals surface area contributed by atoms with Crippen molar-refractivity contribution in [2.24, 2.45) is 5.92 Å². The Morgan fingerprint density at radius 2 is 2.06 bits per heavy atom. The minimum Gasteiger partial charge on any atom is -0.356 e. The highest BCUT2D eigenvalue weighted by molar-refractivity contribution is 5.81. The largest absolute Gasteiger partial charge is 0.356 e. The lowest BCUT2D eigenvalue weighted by atomic mass is 10.1. The number of benzene rings is 1. The van der Waals surface area contributed by atoms with Crippen molar-refractivity contribution >= 4 is 17.0 Å². The molecule has 0 saturated heterocycles. The quantitative estimate of drug-likeness (QED) is 0.828. The standard InChI is InChI=1S/C13H19N3/c1-8(2)7-14-13-15-11-6-5-9(3)10(4)12(11)16-13/h5-6,8H,7H2,1-4H3,(H2,14,15,16). The van der Waals surface area contributed by atoms with E-state index in [1.807, 2.05) is 0 Å². The molecule has 3 nitrogen and oxygen atoms in total. The Hall–Kier alpha value is -1.51. The Morgan fingerprint density at radius 3 is 2.75 bits per heavy atom. The SMILES string of the molecule is Cc1ccc2[nH]c(NCC(C)C)nc2c1C. The van der Waals surface area contributed by atoms with E-state index in [0.717, 1.165) is 23.5 Å². The number of nitrogens with one attached hydrogen (secondary N) is 2. The van der Waals surface area contributed by atoms with E-state index in [1.54, 1.807) is 0 Å². The summed E-state index contributed by atoms with van der Waals surface area (Å²) in [5.41, 5.74) is 4.72. The van der Waals surface area contributed by atoms with Crippen LogP contribution in [0.1, 0.15) is 25.0 Å². The van der Waals surface area contributed by atoms with E-state index in [0.29, 0.717) is 5.92 Å². The van der Waals surface area contributed by atoms with Crippen molar-refractivity contribution in [3.8, 4) is 0 Å². The van der Waals surface area contributed by atoms with Crippen molar-refractivity contribution in [1.29, 1.82) is 0 Å². The first kappa shape index (κ1) is 11.0. The summed E-state index contributed by atoms with van der Waals surface area (Å²) >= 11 is 0. The molecule has 2 aromatic rings. The van der Waals surface area contributed by atoms with Crippen molar-refractivity contribution in [2.45, 2.75) is 27.7 Å². The Morgan fingerprint density at radius 1 is 1.31 bits per heavy atom. The molecule has 1 heterocycles. The molecule has 0 atom stereocenters. The molecular weight excluding hydrogens is 198 g/mol. The van der Waals surface area contributed by atoms with Crippen LogP contribution in [-0.2, 0) is 0 Å². The van der Waals surface area contributed by atoms with Gasteiger partial charge in [-0.2, -0.15) is 0 Å². The molecular formula is C13H19N3. The maximum atomic E-state index is 4.58. The number of aromatic nitrogens is 2. The third-order valence-electron chi connectivity index (χ3n) is 2.86. The molecule has 86 valence electrons. The highest BCUT2D eigenvalue weighted by Crippen LogP contribution is 2.20. The third kappa shape index (κ3) is 2.03. The number of nitrogens with zero attached hydrogens (tertiary/aromatic N) is 1. The molecule has 3 heteroatoms. The highest BCUT2D eigenvalue weighted by atomic mass is 15.1. The van der Waals surface area contributed by atoms with Crippen LogP contribution in [0, 0.1) is 19.8 Å². The van der Waals surface area contributed by atoms with Gasteiger partial charge in [0, 0.05) is 6.54 Å². The van der Waals surface area contributed by atoms with Gasteiger partial charge in [-0.1, -0.05) is 19.9 Å². The summed E-state index contributed by atoms with van der Waals surface area (Å²) in [6.45, 7) is 9.55. The zero-order valence-corrected chi connectivity index (χ0v) is 10.4. The van der Waals surface area contributed by atoms with E-state index < -0.39 is 0 Å². The van der Waals surface area contributed by atoms with Gasteiger partial charge in [0.2, 0.25) is 5.95 Å². The predicted molar refractivity (Wildman–Crippen MR) is 68.9 cm³/mol. The van der Waals surface area contributed by atoms with Crippen LogP contribution >= 0.6 is 0 Å². The van der Waals surface area contributed by atoms with Crippen molar-refractivity contribution in [3.05, 3.63) is 23.3 Å².